The Bertz CT molecular complexity index is 579. The Morgan fingerprint density at radius 2 is 1.96 bits per heavy atom. The third-order valence-corrected chi connectivity index (χ3v) is 6.27. The number of hydrogen-bond donors (Lipinski definition) is 1. The fourth-order valence-electron chi connectivity index (χ4n) is 4.58. The Morgan fingerprint density at radius 3 is 2.58 bits per heavy atom. The van der Waals surface area contributed by atoms with Crippen molar-refractivity contribution >= 4 is 29.9 Å². The molecule has 3 rings (SSSR count). The van der Waals surface area contributed by atoms with Crippen molar-refractivity contribution in [1.82, 2.24) is 10.2 Å². The number of carbonyl (C=O) groups excluding carboxylic acids is 1. The van der Waals surface area contributed by atoms with E-state index in [4.69, 9.17) is 11.6 Å². The smallest absolute Gasteiger partial charge is 0.229 e. The van der Waals surface area contributed by atoms with Crippen LogP contribution < -0.4 is 5.32 Å². The summed E-state index contributed by atoms with van der Waals surface area (Å²) >= 11 is 6.16. The lowest BCUT2D eigenvalue weighted by Gasteiger charge is -2.38. The van der Waals surface area contributed by atoms with E-state index < -0.39 is 0 Å². The molecule has 1 aliphatic carbocycles. The lowest BCUT2D eigenvalue weighted by Crippen LogP contribution is -2.48. The third-order valence-electron chi connectivity index (χ3n) is 6.03. The standard InChI is InChI=1S/C21H31ClN2O.ClH/c1-2-23-16-17-8-12-24(13-9-17)20(25)21(10-3-4-11-21)15-18-6-5-7-19(22)14-18;/h5-7,14,17,23H,2-4,8-13,15-16H2,1H3;1H. The molecule has 5 heteroatoms. The third kappa shape index (κ3) is 5.15. The molecule has 0 bridgehead atoms. The van der Waals surface area contributed by atoms with Crippen LogP contribution in [0.2, 0.25) is 5.02 Å². The van der Waals surface area contributed by atoms with Crippen LogP contribution in [0.1, 0.15) is 51.0 Å². The summed E-state index contributed by atoms with van der Waals surface area (Å²) < 4.78 is 0. The van der Waals surface area contributed by atoms with Crippen LogP contribution >= 0.6 is 24.0 Å². The summed E-state index contributed by atoms with van der Waals surface area (Å²) in [6.45, 7) is 6.12. The molecule has 2 aliphatic rings. The number of likely N-dealkylation sites (tertiary alicyclic amines) is 1. The van der Waals surface area contributed by atoms with E-state index in [9.17, 15) is 4.79 Å². The second kappa shape index (κ2) is 9.96. The van der Waals surface area contributed by atoms with Gasteiger partial charge in [0.15, 0.2) is 0 Å². The first-order chi connectivity index (χ1) is 12.1. The van der Waals surface area contributed by atoms with Crippen LogP contribution in [-0.2, 0) is 11.2 Å². The molecule has 1 aromatic rings. The topological polar surface area (TPSA) is 32.3 Å². The second-order valence-corrected chi connectivity index (χ2v) is 8.27. The van der Waals surface area contributed by atoms with Crippen molar-refractivity contribution < 1.29 is 4.79 Å². The van der Waals surface area contributed by atoms with E-state index in [-0.39, 0.29) is 17.8 Å². The first kappa shape index (κ1) is 21.5. The number of nitrogens with zero attached hydrogens (tertiary/aromatic N) is 1. The predicted molar refractivity (Wildman–Crippen MR) is 111 cm³/mol. The van der Waals surface area contributed by atoms with Gasteiger partial charge in [-0.25, -0.2) is 0 Å². The van der Waals surface area contributed by atoms with Crippen LogP contribution in [0.25, 0.3) is 0 Å². The molecule has 1 N–H and O–H groups in total. The van der Waals surface area contributed by atoms with E-state index in [0.717, 1.165) is 69.2 Å². The van der Waals surface area contributed by atoms with Gasteiger partial charge in [0.05, 0.1) is 5.41 Å². The molecule has 1 aromatic carbocycles. The highest BCUT2D eigenvalue weighted by Gasteiger charge is 2.44. The number of amides is 1. The highest BCUT2D eigenvalue weighted by molar-refractivity contribution is 6.30. The quantitative estimate of drug-likeness (QED) is 0.751. The molecule has 1 saturated heterocycles. The second-order valence-electron chi connectivity index (χ2n) is 7.84. The van der Waals surface area contributed by atoms with Gasteiger partial charge >= 0.3 is 0 Å². The molecule has 3 nitrogen and oxygen atoms in total. The molecule has 0 aromatic heterocycles. The van der Waals surface area contributed by atoms with Crippen molar-refractivity contribution in [3.05, 3.63) is 34.9 Å². The molecule has 0 atom stereocenters. The zero-order chi connectivity index (χ0) is 17.7. The maximum atomic E-state index is 13.4. The Morgan fingerprint density at radius 1 is 1.27 bits per heavy atom. The van der Waals surface area contributed by atoms with Crippen LogP contribution in [0.5, 0.6) is 0 Å². The van der Waals surface area contributed by atoms with Gasteiger partial charge in [0.2, 0.25) is 5.91 Å². The molecule has 1 saturated carbocycles. The Hall–Kier alpha value is -0.770. The molecular weight excluding hydrogens is 367 g/mol. The zero-order valence-corrected chi connectivity index (χ0v) is 17.4. The van der Waals surface area contributed by atoms with Crippen LogP contribution in [0.4, 0.5) is 0 Å². The molecule has 2 fully saturated rings. The maximum absolute atomic E-state index is 13.4. The average molecular weight is 399 g/mol. The van der Waals surface area contributed by atoms with Crippen LogP contribution in [0.15, 0.2) is 24.3 Å². The Kier molecular flexibility index (Phi) is 8.25. The van der Waals surface area contributed by atoms with Crippen molar-refractivity contribution in [1.29, 1.82) is 0 Å². The van der Waals surface area contributed by atoms with Gasteiger partial charge < -0.3 is 10.2 Å². The zero-order valence-electron chi connectivity index (χ0n) is 15.8. The average Bonchev–Trinajstić information content (AvgIpc) is 3.09. The van der Waals surface area contributed by atoms with Crippen molar-refractivity contribution in [3.8, 4) is 0 Å². The number of benzene rings is 1. The van der Waals surface area contributed by atoms with E-state index in [1.54, 1.807) is 0 Å². The summed E-state index contributed by atoms with van der Waals surface area (Å²) in [7, 11) is 0. The first-order valence-electron chi connectivity index (χ1n) is 9.87. The van der Waals surface area contributed by atoms with E-state index in [0.29, 0.717) is 5.91 Å². The summed E-state index contributed by atoms with van der Waals surface area (Å²) in [5.74, 6) is 1.11. The minimum absolute atomic E-state index is 0. The molecular formula is C21H32Cl2N2O. The van der Waals surface area contributed by atoms with E-state index in [1.165, 1.54) is 18.4 Å². The molecule has 1 aliphatic heterocycles. The van der Waals surface area contributed by atoms with Gasteiger partial charge in [-0.15, -0.1) is 12.4 Å². The highest BCUT2D eigenvalue weighted by atomic mass is 35.5. The van der Waals surface area contributed by atoms with E-state index in [1.807, 2.05) is 18.2 Å². The van der Waals surface area contributed by atoms with Gasteiger partial charge in [0.25, 0.3) is 0 Å². The van der Waals surface area contributed by atoms with Gasteiger partial charge in [-0.1, -0.05) is 43.5 Å². The number of piperidine rings is 1. The minimum atomic E-state index is -0.195. The predicted octanol–water partition coefficient (Wildman–Crippen LogP) is 4.71. The molecule has 26 heavy (non-hydrogen) atoms. The summed E-state index contributed by atoms with van der Waals surface area (Å²) in [6.07, 6.45) is 7.49. The molecule has 0 spiro atoms. The van der Waals surface area contributed by atoms with Gasteiger partial charge in [-0.3, -0.25) is 4.79 Å². The van der Waals surface area contributed by atoms with Gasteiger partial charge in [0, 0.05) is 18.1 Å². The molecule has 0 unspecified atom stereocenters. The van der Waals surface area contributed by atoms with Crippen LogP contribution in [0, 0.1) is 11.3 Å². The van der Waals surface area contributed by atoms with Gasteiger partial charge in [-0.05, 0) is 68.8 Å². The Labute approximate surface area is 169 Å². The summed E-state index contributed by atoms with van der Waals surface area (Å²) in [6, 6.07) is 8.04. The normalized spacial score (nSPS) is 20.0. The van der Waals surface area contributed by atoms with Crippen molar-refractivity contribution in [2.75, 3.05) is 26.2 Å². The van der Waals surface area contributed by atoms with E-state index >= 15 is 0 Å². The summed E-state index contributed by atoms with van der Waals surface area (Å²) in [5.41, 5.74) is 1.00. The van der Waals surface area contributed by atoms with Gasteiger partial charge in [-0.2, -0.15) is 0 Å². The number of halogens is 2. The Balaban J connectivity index is 0.00000243. The van der Waals surface area contributed by atoms with Gasteiger partial charge in [0.1, 0.15) is 0 Å². The minimum Gasteiger partial charge on any atom is -0.342 e. The fraction of sp³-hybridized carbons (Fsp3) is 0.667. The van der Waals surface area contributed by atoms with Crippen molar-refractivity contribution in [2.24, 2.45) is 11.3 Å². The first-order valence-corrected chi connectivity index (χ1v) is 10.3. The number of carbonyl (C=O) groups is 1. The SMILES string of the molecule is CCNCC1CCN(C(=O)C2(Cc3cccc(Cl)c3)CCCC2)CC1.Cl. The maximum Gasteiger partial charge on any atom is 0.229 e. The summed E-state index contributed by atoms with van der Waals surface area (Å²) in [5, 5.41) is 4.21. The lowest BCUT2D eigenvalue weighted by molar-refractivity contribution is -0.143. The monoisotopic (exact) mass is 398 g/mol. The van der Waals surface area contributed by atoms with Crippen molar-refractivity contribution in [3.63, 3.8) is 0 Å². The van der Waals surface area contributed by atoms with E-state index in [2.05, 4.69) is 23.2 Å². The molecule has 1 amide bonds. The molecule has 146 valence electrons. The number of hydrogen-bond acceptors (Lipinski definition) is 2. The highest BCUT2D eigenvalue weighted by Crippen LogP contribution is 2.43. The fourth-order valence-corrected chi connectivity index (χ4v) is 4.79. The summed E-state index contributed by atoms with van der Waals surface area (Å²) in [4.78, 5) is 15.6. The number of rotatable bonds is 6. The lowest BCUT2D eigenvalue weighted by atomic mass is 9.78. The van der Waals surface area contributed by atoms with Crippen LogP contribution in [-0.4, -0.2) is 37.0 Å². The number of nitrogens with one attached hydrogen (secondary N) is 1. The molecule has 0 radical (unpaired) electrons. The largest absolute Gasteiger partial charge is 0.342 e. The van der Waals surface area contributed by atoms with Crippen LogP contribution in [0.3, 0.4) is 0 Å². The van der Waals surface area contributed by atoms with Crippen molar-refractivity contribution in [2.45, 2.75) is 51.9 Å². The molecule has 1 heterocycles.